The van der Waals surface area contributed by atoms with Gasteiger partial charge in [0, 0.05) is 11.7 Å². The molecule has 0 aliphatic heterocycles. The van der Waals surface area contributed by atoms with Crippen molar-refractivity contribution in [2.75, 3.05) is 0 Å². The smallest absolute Gasteiger partial charge is 0.253 e. The summed E-state index contributed by atoms with van der Waals surface area (Å²) in [6.45, 7) is 0. The van der Waals surface area contributed by atoms with Gasteiger partial charge in [0.25, 0.3) is 5.70 Å². The molecule has 0 radical (unpaired) electrons. The zero-order chi connectivity index (χ0) is 7.56. The third-order valence-corrected chi connectivity index (χ3v) is 1.92. The topological polar surface area (TPSA) is 43.1 Å². The minimum absolute atomic E-state index is 0.314. The molecule has 1 rings (SSSR count). The summed E-state index contributed by atoms with van der Waals surface area (Å²) < 4.78 is 0. The van der Waals surface area contributed by atoms with Gasteiger partial charge in [-0.1, -0.05) is 21.4 Å². The van der Waals surface area contributed by atoms with Crippen LogP contribution in [-0.2, 0) is 0 Å². The van der Waals surface area contributed by atoms with E-state index in [0.29, 0.717) is 17.4 Å². The SMILES string of the molecule is O=[N+]([O-])C1=C(P)C=CCC1. The second kappa shape index (κ2) is 2.93. The van der Waals surface area contributed by atoms with E-state index in [2.05, 4.69) is 9.24 Å². The lowest BCUT2D eigenvalue weighted by Crippen LogP contribution is -2.01. The largest absolute Gasteiger partial charge is 0.259 e. The van der Waals surface area contributed by atoms with E-state index >= 15 is 0 Å². The summed E-state index contributed by atoms with van der Waals surface area (Å²) in [6, 6.07) is 0. The highest BCUT2D eigenvalue weighted by atomic mass is 31.0. The molecule has 0 saturated heterocycles. The van der Waals surface area contributed by atoms with Crippen LogP contribution in [0.15, 0.2) is 23.2 Å². The maximum Gasteiger partial charge on any atom is 0.253 e. The maximum absolute atomic E-state index is 10.3. The molecule has 0 heterocycles. The minimum atomic E-state index is -0.314. The van der Waals surface area contributed by atoms with Crippen molar-refractivity contribution >= 4 is 9.24 Å². The molecule has 0 saturated carbocycles. The van der Waals surface area contributed by atoms with Gasteiger partial charge >= 0.3 is 0 Å². The van der Waals surface area contributed by atoms with Crippen molar-refractivity contribution in [1.29, 1.82) is 0 Å². The molecular formula is C6H8NO2P. The van der Waals surface area contributed by atoms with Crippen LogP contribution in [0.1, 0.15) is 12.8 Å². The lowest BCUT2D eigenvalue weighted by atomic mass is 10.1. The molecule has 1 aliphatic carbocycles. The van der Waals surface area contributed by atoms with Gasteiger partial charge in [0.1, 0.15) is 0 Å². The van der Waals surface area contributed by atoms with Crippen LogP contribution in [0.25, 0.3) is 0 Å². The van der Waals surface area contributed by atoms with Gasteiger partial charge in [0.05, 0.1) is 4.92 Å². The van der Waals surface area contributed by atoms with Crippen molar-refractivity contribution in [3.8, 4) is 0 Å². The van der Waals surface area contributed by atoms with E-state index in [-0.39, 0.29) is 4.92 Å². The van der Waals surface area contributed by atoms with Crippen LogP contribution in [0.4, 0.5) is 0 Å². The fourth-order valence-corrected chi connectivity index (χ4v) is 1.25. The predicted molar refractivity (Wildman–Crippen MR) is 42.1 cm³/mol. The highest BCUT2D eigenvalue weighted by molar-refractivity contribution is 7.23. The van der Waals surface area contributed by atoms with Crippen LogP contribution < -0.4 is 0 Å². The Balaban J connectivity index is 2.89. The Bertz CT molecular complexity index is 220. The Morgan fingerprint density at radius 2 is 2.40 bits per heavy atom. The molecule has 0 fully saturated rings. The van der Waals surface area contributed by atoms with Crippen LogP contribution in [0.2, 0.25) is 0 Å². The second-order valence-electron chi connectivity index (χ2n) is 2.10. The van der Waals surface area contributed by atoms with Crippen molar-refractivity contribution in [3.05, 3.63) is 33.3 Å². The standard InChI is InChI=1S/C6H8NO2P/c8-7(9)5-3-1-2-4-6(5)10/h2,4H,1,3,10H2. The molecule has 3 nitrogen and oxygen atoms in total. The normalized spacial score (nSPS) is 17.7. The van der Waals surface area contributed by atoms with Gasteiger partial charge in [-0.2, -0.15) is 0 Å². The zero-order valence-corrected chi connectivity index (χ0v) is 6.56. The first kappa shape index (κ1) is 7.42. The predicted octanol–water partition coefficient (Wildman–Crippen LogP) is 1.70. The number of nitro groups is 1. The lowest BCUT2D eigenvalue weighted by Gasteiger charge is -2.02. The molecule has 0 amide bonds. The number of nitrogens with zero attached hydrogens (tertiary/aromatic N) is 1. The molecule has 10 heavy (non-hydrogen) atoms. The maximum atomic E-state index is 10.3. The van der Waals surface area contributed by atoms with E-state index in [1.165, 1.54) is 0 Å². The van der Waals surface area contributed by atoms with Gasteiger partial charge in [-0.25, -0.2) is 0 Å². The first-order valence-electron chi connectivity index (χ1n) is 3.01. The van der Waals surface area contributed by atoms with Crippen LogP contribution in [0.3, 0.4) is 0 Å². The van der Waals surface area contributed by atoms with E-state index in [9.17, 15) is 10.1 Å². The van der Waals surface area contributed by atoms with E-state index in [0.717, 1.165) is 6.42 Å². The van der Waals surface area contributed by atoms with Gasteiger partial charge < -0.3 is 0 Å². The Morgan fingerprint density at radius 3 is 2.80 bits per heavy atom. The number of hydrogen-bond donors (Lipinski definition) is 0. The van der Waals surface area contributed by atoms with Crippen LogP contribution in [-0.4, -0.2) is 4.92 Å². The highest BCUT2D eigenvalue weighted by Gasteiger charge is 2.15. The second-order valence-corrected chi connectivity index (χ2v) is 2.72. The summed E-state index contributed by atoms with van der Waals surface area (Å²) in [5.41, 5.74) is 0.326. The lowest BCUT2D eigenvalue weighted by molar-refractivity contribution is -0.428. The Labute approximate surface area is 61.2 Å². The first-order valence-corrected chi connectivity index (χ1v) is 3.59. The Kier molecular flexibility index (Phi) is 2.17. The molecule has 54 valence electrons. The molecule has 0 bridgehead atoms. The molecule has 0 aromatic carbocycles. The van der Waals surface area contributed by atoms with Crippen LogP contribution in [0, 0.1) is 10.1 Å². The van der Waals surface area contributed by atoms with Crippen molar-refractivity contribution in [2.45, 2.75) is 12.8 Å². The first-order chi connectivity index (χ1) is 4.72. The van der Waals surface area contributed by atoms with Crippen molar-refractivity contribution in [3.63, 3.8) is 0 Å². The highest BCUT2D eigenvalue weighted by Crippen LogP contribution is 2.23. The molecule has 1 aliphatic rings. The molecular weight excluding hydrogens is 149 g/mol. The number of rotatable bonds is 1. The monoisotopic (exact) mass is 157 g/mol. The van der Waals surface area contributed by atoms with Gasteiger partial charge in [0.2, 0.25) is 0 Å². The molecule has 1 atom stereocenters. The van der Waals surface area contributed by atoms with Gasteiger partial charge in [-0.3, -0.25) is 10.1 Å². The summed E-state index contributed by atoms with van der Waals surface area (Å²) >= 11 is 0. The average molecular weight is 157 g/mol. The molecule has 0 spiro atoms. The summed E-state index contributed by atoms with van der Waals surface area (Å²) in [6.07, 6.45) is 5.05. The number of allylic oxidation sites excluding steroid dienone is 4. The van der Waals surface area contributed by atoms with E-state index < -0.39 is 0 Å². The summed E-state index contributed by atoms with van der Waals surface area (Å²) in [4.78, 5) is 9.95. The summed E-state index contributed by atoms with van der Waals surface area (Å²) in [5.74, 6) is 0. The molecule has 1 unspecified atom stereocenters. The van der Waals surface area contributed by atoms with Crippen molar-refractivity contribution < 1.29 is 4.92 Å². The Hall–Kier alpha value is -0.690. The van der Waals surface area contributed by atoms with Crippen LogP contribution >= 0.6 is 9.24 Å². The van der Waals surface area contributed by atoms with Crippen molar-refractivity contribution in [2.24, 2.45) is 0 Å². The molecule has 4 heteroatoms. The summed E-state index contributed by atoms with van der Waals surface area (Å²) in [5, 5.41) is 11.0. The third-order valence-electron chi connectivity index (χ3n) is 1.40. The molecule has 0 N–H and O–H groups in total. The fourth-order valence-electron chi connectivity index (χ4n) is 0.868. The van der Waals surface area contributed by atoms with Gasteiger partial charge in [-0.15, -0.1) is 0 Å². The van der Waals surface area contributed by atoms with Crippen molar-refractivity contribution in [1.82, 2.24) is 0 Å². The van der Waals surface area contributed by atoms with Gasteiger partial charge in [0.15, 0.2) is 0 Å². The summed E-state index contributed by atoms with van der Waals surface area (Å²) in [7, 11) is 2.36. The van der Waals surface area contributed by atoms with Gasteiger partial charge in [-0.05, 0) is 6.42 Å². The molecule has 0 aromatic rings. The van der Waals surface area contributed by atoms with E-state index in [1.54, 1.807) is 6.08 Å². The van der Waals surface area contributed by atoms with Crippen LogP contribution in [0.5, 0.6) is 0 Å². The number of hydrogen-bond acceptors (Lipinski definition) is 2. The fraction of sp³-hybridized carbons (Fsp3) is 0.333. The molecule has 0 aromatic heterocycles. The van der Waals surface area contributed by atoms with E-state index in [4.69, 9.17) is 0 Å². The Morgan fingerprint density at radius 1 is 1.70 bits per heavy atom. The zero-order valence-electron chi connectivity index (χ0n) is 5.41. The van der Waals surface area contributed by atoms with E-state index in [1.807, 2.05) is 6.08 Å². The average Bonchev–Trinajstić information content (AvgIpc) is 1.88. The quantitative estimate of drug-likeness (QED) is 0.330. The minimum Gasteiger partial charge on any atom is -0.259 e. The third kappa shape index (κ3) is 1.42.